The summed E-state index contributed by atoms with van der Waals surface area (Å²) < 4.78 is 10.9. The Morgan fingerprint density at radius 1 is 1.38 bits per heavy atom. The van der Waals surface area contributed by atoms with Gasteiger partial charge in [0.2, 0.25) is 0 Å². The van der Waals surface area contributed by atoms with Crippen LogP contribution in [-0.4, -0.2) is 25.8 Å². The number of hydrogen-bond donors (Lipinski definition) is 2. The van der Waals surface area contributed by atoms with Crippen LogP contribution in [0.2, 0.25) is 0 Å². The molecule has 0 bridgehead atoms. The lowest BCUT2D eigenvalue weighted by molar-refractivity contribution is -0.119. The Hall–Kier alpha value is -2.76. The van der Waals surface area contributed by atoms with Gasteiger partial charge in [0, 0.05) is 5.92 Å². The Kier molecular flexibility index (Phi) is 4.84. The third-order valence-electron chi connectivity index (χ3n) is 4.05. The maximum Gasteiger partial charge on any atom is 0.259 e. The SMILES string of the molecule is COc1ccccc1NCC(=O)N/N=C\c1ccc([C@H]2C[C@@H]2C)o1. The number of hydrazone groups is 1. The lowest BCUT2D eigenvalue weighted by Crippen LogP contribution is -2.26. The number of anilines is 1. The largest absolute Gasteiger partial charge is 0.495 e. The molecular weight excluding hydrogens is 306 g/mol. The molecule has 2 N–H and O–H groups in total. The topological polar surface area (TPSA) is 75.9 Å². The van der Waals surface area contributed by atoms with Crippen LogP contribution in [0.1, 0.15) is 30.8 Å². The van der Waals surface area contributed by atoms with E-state index in [1.54, 1.807) is 7.11 Å². The molecule has 6 nitrogen and oxygen atoms in total. The Balaban J connectivity index is 1.46. The third kappa shape index (κ3) is 3.95. The maximum atomic E-state index is 11.8. The van der Waals surface area contributed by atoms with Crippen molar-refractivity contribution in [3.8, 4) is 5.75 Å². The molecule has 0 unspecified atom stereocenters. The smallest absolute Gasteiger partial charge is 0.259 e. The second kappa shape index (κ2) is 7.21. The molecule has 126 valence electrons. The lowest BCUT2D eigenvalue weighted by Gasteiger charge is -2.09. The molecule has 1 heterocycles. The summed E-state index contributed by atoms with van der Waals surface area (Å²) in [5, 5.41) is 6.93. The highest BCUT2D eigenvalue weighted by Crippen LogP contribution is 2.47. The normalized spacial score (nSPS) is 19.2. The first-order chi connectivity index (χ1) is 11.7. The van der Waals surface area contributed by atoms with Gasteiger partial charge >= 0.3 is 0 Å². The van der Waals surface area contributed by atoms with E-state index in [1.807, 2.05) is 36.4 Å². The van der Waals surface area contributed by atoms with Gasteiger partial charge in [-0.15, -0.1) is 0 Å². The molecule has 1 aromatic carbocycles. The molecule has 1 amide bonds. The van der Waals surface area contributed by atoms with Crippen molar-refractivity contribution in [1.29, 1.82) is 0 Å². The number of carbonyl (C=O) groups excluding carboxylic acids is 1. The predicted octanol–water partition coefficient (Wildman–Crippen LogP) is 2.97. The summed E-state index contributed by atoms with van der Waals surface area (Å²) >= 11 is 0. The highest BCUT2D eigenvalue weighted by molar-refractivity contribution is 5.83. The molecule has 0 saturated heterocycles. The van der Waals surface area contributed by atoms with Gasteiger partial charge in [-0.3, -0.25) is 4.79 Å². The van der Waals surface area contributed by atoms with Crippen molar-refractivity contribution in [3.05, 3.63) is 47.9 Å². The Bertz CT molecular complexity index is 739. The van der Waals surface area contributed by atoms with E-state index in [0.717, 1.165) is 11.4 Å². The fourth-order valence-electron chi connectivity index (χ4n) is 2.53. The molecule has 2 atom stereocenters. The highest BCUT2D eigenvalue weighted by atomic mass is 16.5. The van der Waals surface area contributed by atoms with Gasteiger partial charge in [-0.2, -0.15) is 5.10 Å². The van der Waals surface area contributed by atoms with E-state index in [-0.39, 0.29) is 12.5 Å². The zero-order chi connectivity index (χ0) is 16.9. The van der Waals surface area contributed by atoms with Gasteiger partial charge in [0.1, 0.15) is 17.3 Å². The molecule has 6 heteroatoms. The summed E-state index contributed by atoms with van der Waals surface area (Å²) in [5.74, 6) is 3.30. The average molecular weight is 327 g/mol. The van der Waals surface area contributed by atoms with Crippen molar-refractivity contribution in [2.45, 2.75) is 19.3 Å². The molecule has 24 heavy (non-hydrogen) atoms. The van der Waals surface area contributed by atoms with E-state index < -0.39 is 0 Å². The zero-order valence-electron chi connectivity index (χ0n) is 13.8. The number of nitrogens with one attached hydrogen (secondary N) is 2. The highest BCUT2D eigenvalue weighted by Gasteiger charge is 2.36. The van der Waals surface area contributed by atoms with Crippen LogP contribution in [0.25, 0.3) is 0 Å². The van der Waals surface area contributed by atoms with E-state index in [0.29, 0.717) is 23.3 Å². The number of methoxy groups -OCH3 is 1. The molecule has 1 aromatic heterocycles. The van der Waals surface area contributed by atoms with Gasteiger partial charge in [0.15, 0.2) is 0 Å². The van der Waals surface area contributed by atoms with Crippen molar-refractivity contribution in [2.24, 2.45) is 11.0 Å². The molecule has 1 aliphatic rings. The zero-order valence-corrected chi connectivity index (χ0v) is 13.8. The van der Waals surface area contributed by atoms with Crippen LogP contribution in [0, 0.1) is 5.92 Å². The molecule has 1 aliphatic carbocycles. The first-order valence-electron chi connectivity index (χ1n) is 7.96. The number of amides is 1. The lowest BCUT2D eigenvalue weighted by atomic mass is 10.3. The van der Waals surface area contributed by atoms with Crippen molar-refractivity contribution < 1.29 is 13.9 Å². The first kappa shape index (κ1) is 16.1. The van der Waals surface area contributed by atoms with E-state index in [9.17, 15) is 4.79 Å². The number of hydrogen-bond acceptors (Lipinski definition) is 5. The standard InChI is InChI=1S/C18H21N3O3/c1-12-9-14(12)16-8-7-13(24-16)10-20-21-18(22)11-19-15-5-3-4-6-17(15)23-2/h3-8,10,12,14,19H,9,11H2,1-2H3,(H,21,22)/b20-10-/t12-,14-/m0/s1. The van der Waals surface area contributed by atoms with Crippen LogP contribution in [0.3, 0.4) is 0 Å². The van der Waals surface area contributed by atoms with E-state index >= 15 is 0 Å². The summed E-state index contributed by atoms with van der Waals surface area (Å²) in [5.41, 5.74) is 3.23. The van der Waals surface area contributed by atoms with Gasteiger partial charge in [0.05, 0.1) is 25.6 Å². The van der Waals surface area contributed by atoms with E-state index in [2.05, 4.69) is 22.8 Å². The fraction of sp³-hybridized carbons (Fsp3) is 0.333. The second-order valence-electron chi connectivity index (χ2n) is 5.91. The van der Waals surface area contributed by atoms with Crippen LogP contribution in [-0.2, 0) is 4.79 Å². The number of carbonyl (C=O) groups is 1. The van der Waals surface area contributed by atoms with Gasteiger partial charge in [-0.1, -0.05) is 19.1 Å². The van der Waals surface area contributed by atoms with Crippen LogP contribution in [0.4, 0.5) is 5.69 Å². The fourth-order valence-corrected chi connectivity index (χ4v) is 2.53. The third-order valence-corrected chi connectivity index (χ3v) is 4.05. The van der Waals surface area contributed by atoms with Crippen LogP contribution in [0.15, 0.2) is 45.9 Å². The minimum Gasteiger partial charge on any atom is -0.495 e. The summed E-state index contributed by atoms with van der Waals surface area (Å²) in [7, 11) is 1.59. The minimum absolute atomic E-state index is 0.0979. The van der Waals surface area contributed by atoms with Crippen LogP contribution in [0.5, 0.6) is 5.75 Å². The van der Waals surface area contributed by atoms with Gasteiger partial charge < -0.3 is 14.5 Å². The summed E-state index contributed by atoms with van der Waals surface area (Å²) in [6.07, 6.45) is 2.69. The van der Waals surface area contributed by atoms with Crippen molar-refractivity contribution >= 4 is 17.8 Å². The summed E-state index contributed by atoms with van der Waals surface area (Å²) in [4.78, 5) is 11.8. The quantitative estimate of drug-likeness (QED) is 0.605. The number of ether oxygens (including phenoxy) is 1. The van der Waals surface area contributed by atoms with Gasteiger partial charge in [0.25, 0.3) is 5.91 Å². The average Bonchev–Trinajstić information content (AvgIpc) is 3.14. The van der Waals surface area contributed by atoms with Crippen molar-refractivity contribution in [3.63, 3.8) is 0 Å². The second-order valence-corrected chi connectivity index (χ2v) is 5.91. The molecule has 1 fully saturated rings. The Morgan fingerprint density at radius 3 is 2.92 bits per heavy atom. The van der Waals surface area contributed by atoms with Crippen LogP contribution < -0.4 is 15.5 Å². The van der Waals surface area contributed by atoms with Crippen LogP contribution >= 0.6 is 0 Å². The van der Waals surface area contributed by atoms with E-state index in [1.165, 1.54) is 12.6 Å². The Labute approximate surface area is 140 Å². The molecule has 3 rings (SSSR count). The molecule has 0 aliphatic heterocycles. The molecular formula is C18H21N3O3. The number of rotatable bonds is 7. The summed E-state index contributed by atoms with van der Waals surface area (Å²) in [6.45, 7) is 2.30. The maximum absolute atomic E-state index is 11.8. The molecule has 1 saturated carbocycles. The number of benzene rings is 1. The minimum atomic E-state index is -0.250. The molecule has 2 aromatic rings. The first-order valence-corrected chi connectivity index (χ1v) is 7.96. The molecule has 0 radical (unpaired) electrons. The number of furan rings is 1. The summed E-state index contributed by atoms with van der Waals surface area (Å²) in [6, 6.07) is 11.3. The molecule has 0 spiro atoms. The number of para-hydroxylation sites is 2. The van der Waals surface area contributed by atoms with Crippen molar-refractivity contribution in [1.82, 2.24) is 5.43 Å². The predicted molar refractivity (Wildman–Crippen MR) is 92.5 cm³/mol. The van der Waals surface area contributed by atoms with E-state index in [4.69, 9.17) is 9.15 Å². The number of nitrogens with zero attached hydrogens (tertiary/aromatic N) is 1. The monoisotopic (exact) mass is 327 g/mol. The van der Waals surface area contributed by atoms with Gasteiger partial charge in [-0.05, 0) is 36.6 Å². The van der Waals surface area contributed by atoms with Gasteiger partial charge in [-0.25, -0.2) is 5.43 Å². The Morgan fingerprint density at radius 2 is 2.17 bits per heavy atom. The van der Waals surface area contributed by atoms with Crippen molar-refractivity contribution in [2.75, 3.05) is 19.0 Å².